The molecule has 0 bridgehead atoms. The Morgan fingerprint density at radius 1 is 1.34 bits per heavy atom. The number of nitrogen functional groups attached to an aromatic ring is 2. The minimum Gasteiger partial charge on any atom is -0.459 e. The summed E-state index contributed by atoms with van der Waals surface area (Å²) >= 11 is 0. The van der Waals surface area contributed by atoms with Crippen molar-refractivity contribution in [3.63, 3.8) is 0 Å². The van der Waals surface area contributed by atoms with Gasteiger partial charge in [-0.1, -0.05) is 13.8 Å². The Morgan fingerprint density at radius 3 is 2.17 bits per heavy atom. The Kier molecular flexibility index (Phi) is 8.97. The number of rotatable bonds is 2. The molecule has 0 radical (unpaired) electrons. The minimum absolute atomic E-state index is 0.0231. The minimum atomic E-state index is -0.779. The van der Waals surface area contributed by atoms with E-state index >= 15 is 0 Å². The number of esters is 1. The molecule has 0 aromatic carbocycles. The van der Waals surface area contributed by atoms with Crippen molar-refractivity contribution in [2.45, 2.75) is 33.1 Å². The molecule has 0 unspecified atom stereocenters. The van der Waals surface area contributed by atoms with E-state index in [4.69, 9.17) is 28.3 Å². The summed E-state index contributed by atoms with van der Waals surface area (Å²) < 4.78 is 5.20. The van der Waals surface area contributed by atoms with Crippen LogP contribution in [-0.2, 0) is 19.7 Å². The van der Waals surface area contributed by atoms with Gasteiger partial charge in [0, 0.05) is 5.41 Å². The Balaban J connectivity index is 0.000000448. The molecule has 0 spiro atoms. The number of guanidine groups is 1. The van der Waals surface area contributed by atoms with Gasteiger partial charge in [-0.05, 0) is 13.8 Å². The summed E-state index contributed by atoms with van der Waals surface area (Å²) in [6.07, 6.45) is 0. The normalized spacial score (nSPS) is 15.4. The molecule has 15 heteroatoms. The van der Waals surface area contributed by atoms with Crippen LogP contribution in [0.1, 0.15) is 33.4 Å². The van der Waals surface area contributed by atoms with Gasteiger partial charge < -0.3 is 33.0 Å². The predicted molar refractivity (Wildman–Crippen MR) is 104 cm³/mol. The van der Waals surface area contributed by atoms with Crippen molar-refractivity contribution < 1.29 is 19.4 Å². The fraction of sp³-hybridized carbons (Fsp3) is 0.571. The number of nitrogens with zero attached hydrogens (tertiary/aromatic N) is 4. The smallest absolute Gasteiger partial charge is 0.375 e. The highest BCUT2D eigenvalue weighted by molar-refractivity contribution is 6.37. The molecule has 0 amide bonds. The molecule has 1 aliphatic heterocycles. The fourth-order valence-corrected chi connectivity index (χ4v) is 1.60. The third-order valence-corrected chi connectivity index (χ3v) is 3.61. The third-order valence-electron chi connectivity index (χ3n) is 3.61. The van der Waals surface area contributed by atoms with Gasteiger partial charge in [0.2, 0.25) is 17.7 Å². The lowest BCUT2D eigenvalue weighted by atomic mass is 9.91. The lowest BCUT2D eigenvalue weighted by Crippen LogP contribution is -2.40. The SMILES string of the molecule is CC(C)(CO)c1nnc(N)n(N)c1=O.CC1(C)COC(=O)C1=O.N/N=C(/N)NN. The molecule has 0 aliphatic carbocycles. The van der Waals surface area contributed by atoms with Gasteiger partial charge in [0.25, 0.3) is 5.56 Å². The monoisotopic (exact) mass is 416 g/mol. The van der Waals surface area contributed by atoms with Crippen LogP contribution in [0, 0.1) is 5.41 Å². The second kappa shape index (κ2) is 10.2. The number of carbonyl (C=O) groups is 2. The van der Waals surface area contributed by atoms with Gasteiger partial charge in [-0.15, -0.1) is 15.3 Å². The van der Waals surface area contributed by atoms with Crippen LogP contribution in [0.25, 0.3) is 0 Å². The van der Waals surface area contributed by atoms with Gasteiger partial charge in [0.1, 0.15) is 12.3 Å². The van der Waals surface area contributed by atoms with E-state index in [0.29, 0.717) is 4.68 Å². The van der Waals surface area contributed by atoms with E-state index in [9.17, 15) is 14.4 Å². The fourth-order valence-electron chi connectivity index (χ4n) is 1.60. The number of ether oxygens (including phenoxy) is 1. The lowest BCUT2D eigenvalue weighted by Gasteiger charge is -2.19. The number of cyclic esters (lactones) is 1. The second-order valence-corrected chi connectivity index (χ2v) is 7.07. The molecule has 1 aromatic rings. The van der Waals surface area contributed by atoms with Crippen molar-refractivity contribution in [1.29, 1.82) is 0 Å². The predicted octanol–water partition coefficient (Wildman–Crippen LogP) is -4.02. The first-order chi connectivity index (χ1) is 13.2. The van der Waals surface area contributed by atoms with Crippen LogP contribution in [-0.4, -0.2) is 50.9 Å². The molecular weight excluding hydrogens is 388 g/mol. The Hall–Kier alpha value is -3.46. The van der Waals surface area contributed by atoms with E-state index in [1.165, 1.54) is 0 Å². The molecule has 1 aromatic heterocycles. The highest BCUT2D eigenvalue weighted by Crippen LogP contribution is 2.23. The summed E-state index contributed by atoms with van der Waals surface area (Å²) in [6, 6.07) is 0. The van der Waals surface area contributed by atoms with Crippen LogP contribution in [0.15, 0.2) is 9.90 Å². The molecule has 0 atom stereocenters. The number of anilines is 1. The number of aromatic nitrogens is 3. The van der Waals surface area contributed by atoms with Gasteiger partial charge in [-0.25, -0.2) is 10.6 Å². The number of nitrogens with one attached hydrogen (secondary N) is 1. The van der Waals surface area contributed by atoms with Crippen molar-refractivity contribution >= 4 is 23.7 Å². The highest BCUT2D eigenvalue weighted by Gasteiger charge is 2.41. The number of Topliss-reactive ketones (excluding diaryl/α,β-unsaturated/α-hetero) is 1. The van der Waals surface area contributed by atoms with Crippen molar-refractivity contribution in [2.24, 2.45) is 27.9 Å². The van der Waals surface area contributed by atoms with E-state index in [1.807, 2.05) is 5.43 Å². The van der Waals surface area contributed by atoms with Crippen LogP contribution in [0.5, 0.6) is 0 Å². The van der Waals surface area contributed by atoms with Gasteiger partial charge in [0.15, 0.2) is 0 Å². The quantitative estimate of drug-likeness (QED) is 0.0605. The maximum atomic E-state index is 11.5. The van der Waals surface area contributed by atoms with Crippen LogP contribution < -0.4 is 40.0 Å². The van der Waals surface area contributed by atoms with Crippen LogP contribution in [0.4, 0.5) is 5.95 Å². The molecule has 1 saturated heterocycles. The molecule has 1 fully saturated rings. The first-order valence-electron chi connectivity index (χ1n) is 8.08. The Bertz CT molecular complexity index is 817. The zero-order chi connectivity index (χ0) is 23.0. The molecule has 164 valence electrons. The number of hydrazone groups is 1. The molecule has 29 heavy (non-hydrogen) atoms. The number of hydrogen-bond donors (Lipinski definition) is 7. The summed E-state index contributed by atoms with van der Waals surface area (Å²) in [5.74, 6) is 13.4. The third kappa shape index (κ3) is 6.89. The Morgan fingerprint density at radius 2 is 1.90 bits per heavy atom. The van der Waals surface area contributed by atoms with Crippen molar-refractivity contribution in [2.75, 3.05) is 24.8 Å². The number of aliphatic hydroxyl groups is 1. The van der Waals surface area contributed by atoms with Crippen LogP contribution in [0.2, 0.25) is 0 Å². The van der Waals surface area contributed by atoms with Gasteiger partial charge in [-0.2, -0.15) is 4.68 Å². The summed E-state index contributed by atoms with van der Waals surface area (Å²) in [5, 5.41) is 19.2. The number of carbonyl (C=O) groups excluding carboxylic acids is 2. The average Bonchev–Trinajstić information content (AvgIpc) is 2.92. The first kappa shape index (κ1) is 25.5. The summed E-state index contributed by atoms with van der Waals surface area (Å²) in [4.78, 5) is 32.7. The summed E-state index contributed by atoms with van der Waals surface area (Å²) in [5.41, 5.74) is 10.3. The summed E-state index contributed by atoms with van der Waals surface area (Å²) in [7, 11) is 0. The number of hydrogen-bond acceptors (Lipinski definition) is 12. The first-order valence-corrected chi connectivity index (χ1v) is 8.08. The van der Waals surface area contributed by atoms with Crippen LogP contribution >= 0.6 is 0 Å². The van der Waals surface area contributed by atoms with Crippen molar-refractivity contribution in [1.82, 2.24) is 20.3 Å². The topological polar surface area (TPSA) is 266 Å². The molecule has 1 aliphatic rings. The van der Waals surface area contributed by atoms with E-state index < -0.39 is 28.1 Å². The van der Waals surface area contributed by atoms with E-state index in [0.717, 1.165) is 0 Å². The second-order valence-electron chi connectivity index (χ2n) is 7.07. The van der Waals surface area contributed by atoms with Crippen molar-refractivity contribution in [3.8, 4) is 0 Å². The molecular formula is C14H28N10O5. The zero-order valence-corrected chi connectivity index (χ0v) is 16.7. The highest BCUT2D eigenvalue weighted by atomic mass is 16.5. The number of aliphatic hydroxyl groups excluding tert-OH is 1. The van der Waals surface area contributed by atoms with E-state index in [2.05, 4.69) is 25.9 Å². The maximum absolute atomic E-state index is 11.5. The molecule has 12 N–H and O–H groups in total. The number of ketones is 1. The van der Waals surface area contributed by atoms with Gasteiger partial charge in [-0.3, -0.25) is 15.0 Å². The molecule has 0 saturated carbocycles. The molecule has 15 nitrogen and oxygen atoms in total. The van der Waals surface area contributed by atoms with E-state index in [-0.39, 0.29) is 30.8 Å². The lowest BCUT2D eigenvalue weighted by molar-refractivity contribution is -0.147. The molecule has 2 rings (SSSR count). The van der Waals surface area contributed by atoms with Gasteiger partial charge in [0.05, 0.1) is 12.0 Å². The van der Waals surface area contributed by atoms with Crippen molar-refractivity contribution in [3.05, 3.63) is 16.0 Å². The maximum Gasteiger partial charge on any atom is 0.375 e. The number of hydrazine groups is 1. The zero-order valence-electron chi connectivity index (χ0n) is 16.7. The standard InChI is InChI=1S/C7H13N5O2.C6H8O3.CH7N5/c1-7(2,3-13)4-5(14)12(9)6(8)11-10-4;1-6(2)3-9-5(8)4(6)7;2-1(5-3)6-4/h13H,3,9H2,1-2H3,(H2,8,11);3H2,1-2H3;3-4H2,(H3,2,5,6). The van der Waals surface area contributed by atoms with E-state index in [1.54, 1.807) is 27.7 Å². The Labute approximate surface area is 166 Å². The average molecular weight is 416 g/mol. The molecule has 2 heterocycles. The number of nitrogens with two attached hydrogens (primary N) is 5. The van der Waals surface area contributed by atoms with Gasteiger partial charge >= 0.3 is 5.97 Å². The largest absolute Gasteiger partial charge is 0.459 e. The van der Waals surface area contributed by atoms with Crippen LogP contribution in [0.3, 0.4) is 0 Å². The summed E-state index contributed by atoms with van der Waals surface area (Å²) in [6.45, 7) is 6.72.